The molecule has 10 heavy (non-hydrogen) atoms. The van der Waals surface area contributed by atoms with Crippen LogP contribution in [0, 0.1) is 20.8 Å². The number of nitriles is 1. The Morgan fingerprint density at radius 3 is 3.00 bits per heavy atom. The average molecular weight is 162 g/mol. The lowest BCUT2D eigenvalue weighted by molar-refractivity contribution is -0.757. The van der Waals surface area contributed by atoms with E-state index in [1.165, 1.54) is 0 Å². The van der Waals surface area contributed by atoms with Crippen LogP contribution < -0.4 is 0 Å². The van der Waals surface area contributed by atoms with Crippen molar-refractivity contribution >= 4 is 11.8 Å². The van der Waals surface area contributed by atoms with Gasteiger partial charge in [-0.2, -0.15) is 5.26 Å². The van der Waals surface area contributed by atoms with E-state index >= 15 is 0 Å². The van der Waals surface area contributed by atoms with E-state index < -0.39 is 5.09 Å². The van der Waals surface area contributed by atoms with Crippen LogP contribution >= 0.6 is 11.8 Å². The number of hydrogen-bond acceptors (Lipinski definition) is 5. The maximum atomic E-state index is 9.54. The molecule has 0 unspecified atom stereocenters. The molecule has 0 saturated carbocycles. The van der Waals surface area contributed by atoms with Gasteiger partial charge in [0, 0.05) is 5.75 Å². The lowest BCUT2D eigenvalue weighted by Gasteiger charge is -1.93. The summed E-state index contributed by atoms with van der Waals surface area (Å²) in [6.07, 6.45) is 0.527. The maximum absolute atomic E-state index is 9.54. The molecule has 0 rings (SSSR count). The van der Waals surface area contributed by atoms with Crippen LogP contribution in [-0.4, -0.2) is 17.4 Å². The van der Waals surface area contributed by atoms with Crippen LogP contribution in [0.25, 0.3) is 0 Å². The Kier molecular flexibility index (Phi) is 5.57. The van der Waals surface area contributed by atoms with Crippen molar-refractivity contribution in [2.45, 2.75) is 6.42 Å². The second-order valence-electron chi connectivity index (χ2n) is 1.35. The average Bonchev–Trinajstić information content (AvgIpc) is 1.87. The van der Waals surface area contributed by atoms with Crippen molar-refractivity contribution in [3.8, 4) is 5.40 Å². The molecular weight excluding hydrogens is 156 g/mol. The van der Waals surface area contributed by atoms with Crippen LogP contribution in [0.1, 0.15) is 6.42 Å². The minimum Gasteiger partial charge on any atom is -0.314 e. The lowest BCUT2D eigenvalue weighted by Crippen LogP contribution is -2.02. The van der Waals surface area contributed by atoms with Gasteiger partial charge in [-0.05, 0) is 18.2 Å². The molecule has 0 atom stereocenters. The predicted octanol–water partition coefficient (Wildman–Crippen LogP) is 0.799. The summed E-state index contributed by atoms with van der Waals surface area (Å²) in [6, 6.07) is 0. The molecule has 0 aliphatic carbocycles. The number of hydrogen-bond donors (Lipinski definition) is 0. The van der Waals surface area contributed by atoms with Crippen molar-refractivity contribution in [1.82, 2.24) is 0 Å². The smallest absolute Gasteiger partial charge is 0.294 e. The minimum absolute atomic E-state index is 0.0711. The van der Waals surface area contributed by atoms with E-state index in [1.807, 2.05) is 5.40 Å². The molecule has 0 amide bonds. The summed E-state index contributed by atoms with van der Waals surface area (Å²) in [7, 11) is 0. The number of rotatable bonds is 5. The molecule has 6 heteroatoms. The molecule has 5 nitrogen and oxygen atoms in total. The molecule has 0 aliphatic heterocycles. The van der Waals surface area contributed by atoms with Crippen LogP contribution in [-0.2, 0) is 4.84 Å². The van der Waals surface area contributed by atoms with Crippen molar-refractivity contribution in [2.75, 3.05) is 12.4 Å². The SMILES string of the molecule is N#CSCCCO[N+](=O)[O-]. The molecule has 0 aromatic rings. The quantitative estimate of drug-likeness (QED) is 0.258. The number of thioether (sulfide) groups is 1. The van der Waals surface area contributed by atoms with E-state index in [0.29, 0.717) is 12.2 Å². The van der Waals surface area contributed by atoms with Crippen LogP contribution in [0.3, 0.4) is 0 Å². The van der Waals surface area contributed by atoms with Gasteiger partial charge in [-0.1, -0.05) is 0 Å². The Hall–Kier alpha value is -0.960. The summed E-state index contributed by atoms with van der Waals surface area (Å²) in [5.41, 5.74) is 0. The second kappa shape index (κ2) is 6.16. The van der Waals surface area contributed by atoms with Crippen molar-refractivity contribution < 1.29 is 9.92 Å². The van der Waals surface area contributed by atoms with Gasteiger partial charge in [-0.25, -0.2) is 0 Å². The van der Waals surface area contributed by atoms with Gasteiger partial charge >= 0.3 is 0 Å². The number of thiocyanates is 1. The zero-order valence-corrected chi connectivity index (χ0v) is 5.97. The van der Waals surface area contributed by atoms with Crippen molar-refractivity contribution in [1.29, 1.82) is 5.26 Å². The Balaban J connectivity index is 2.92. The van der Waals surface area contributed by atoms with Gasteiger partial charge < -0.3 is 4.84 Å². The first-order chi connectivity index (χ1) is 4.77. The van der Waals surface area contributed by atoms with E-state index in [2.05, 4.69) is 4.84 Å². The highest BCUT2D eigenvalue weighted by molar-refractivity contribution is 8.03. The van der Waals surface area contributed by atoms with Crippen LogP contribution in [0.4, 0.5) is 0 Å². The molecule has 0 fully saturated rings. The fourth-order valence-electron chi connectivity index (χ4n) is 0.316. The van der Waals surface area contributed by atoms with E-state index in [-0.39, 0.29) is 6.61 Å². The van der Waals surface area contributed by atoms with Crippen LogP contribution in [0.15, 0.2) is 0 Å². The van der Waals surface area contributed by atoms with Gasteiger partial charge in [-0.15, -0.1) is 10.1 Å². The number of nitrogens with zero attached hydrogens (tertiary/aromatic N) is 2. The third kappa shape index (κ3) is 7.04. The summed E-state index contributed by atoms with van der Waals surface area (Å²) >= 11 is 1.06. The highest BCUT2D eigenvalue weighted by Crippen LogP contribution is 1.98. The van der Waals surface area contributed by atoms with Gasteiger partial charge in [0.1, 0.15) is 5.40 Å². The fraction of sp³-hybridized carbons (Fsp3) is 0.750. The van der Waals surface area contributed by atoms with Gasteiger partial charge in [0.15, 0.2) is 0 Å². The molecule has 0 aromatic carbocycles. The highest BCUT2D eigenvalue weighted by Gasteiger charge is 1.93. The maximum Gasteiger partial charge on any atom is 0.294 e. The molecule has 56 valence electrons. The first kappa shape index (κ1) is 9.04. The molecule has 0 spiro atoms. The van der Waals surface area contributed by atoms with Crippen LogP contribution in [0.2, 0.25) is 0 Å². The normalized spacial score (nSPS) is 8.30. The van der Waals surface area contributed by atoms with Gasteiger partial charge in [0.25, 0.3) is 5.09 Å². The van der Waals surface area contributed by atoms with Gasteiger partial charge in [0.2, 0.25) is 0 Å². The minimum atomic E-state index is -0.836. The molecule has 0 aromatic heterocycles. The Morgan fingerprint density at radius 1 is 1.80 bits per heavy atom. The molecule has 0 heterocycles. The molecular formula is C4H6N2O3S. The van der Waals surface area contributed by atoms with E-state index in [1.54, 1.807) is 0 Å². The summed E-state index contributed by atoms with van der Waals surface area (Å²) in [4.78, 5) is 13.5. The van der Waals surface area contributed by atoms with E-state index in [0.717, 1.165) is 11.8 Å². The highest BCUT2D eigenvalue weighted by atomic mass is 32.2. The monoisotopic (exact) mass is 162 g/mol. The topological polar surface area (TPSA) is 76.2 Å². The third-order valence-corrected chi connectivity index (χ3v) is 1.27. The zero-order valence-electron chi connectivity index (χ0n) is 5.15. The molecule has 0 saturated heterocycles. The predicted molar refractivity (Wildman–Crippen MR) is 35.6 cm³/mol. The summed E-state index contributed by atoms with van der Waals surface area (Å²) < 4.78 is 0. The molecule has 0 radical (unpaired) electrons. The Morgan fingerprint density at radius 2 is 2.50 bits per heavy atom. The summed E-state index contributed by atoms with van der Waals surface area (Å²) in [6.45, 7) is 0.0711. The zero-order chi connectivity index (χ0) is 7.82. The van der Waals surface area contributed by atoms with E-state index in [4.69, 9.17) is 5.26 Å². The lowest BCUT2D eigenvalue weighted by atomic mass is 10.5. The van der Waals surface area contributed by atoms with Gasteiger partial charge in [-0.3, -0.25) is 0 Å². The first-order valence-electron chi connectivity index (χ1n) is 2.55. The largest absolute Gasteiger partial charge is 0.314 e. The summed E-state index contributed by atoms with van der Waals surface area (Å²) in [5, 5.41) is 18.6. The Labute approximate surface area is 62.1 Å². The van der Waals surface area contributed by atoms with Crippen LogP contribution in [0.5, 0.6) is 0 Å². The molecule has 0 N–H and O–H groups in total. The first-order valence-corrected chi connectivity index (χ1v) is 3.54. The molecule has 0 aliphatic rings. The van der Waals surface area contributed by atoms with Crippen molar-refractivity contribution in [2.24, 2.45) is 0 Å². The third-order valence-electron chi connectivity index (χ3n) is 0.652. The second-order valence-corrected chi connectivity index (χ2v) is 2.23. The fourth-order valence-corrected chi connectivity index (χ4v) is 0.669. The molecule has 0 bridgehead atoms. The Bertz CT molecular complexity index is 144. The van der Waals surface area contributed by atoms with Crippen molar-refractivity contribution in [3.63, 3.8) is 0 Å². The van der Waals surface area contributed by atoms with E-state index in [9.17, 15) is 10.1 Å². The van der Waals surface area contributed by atoms with Gasteiger partial charge in [0.05, 0.1) is 6.61 Å². The summed E-state index contributed by atoms with van der Waals surface area (Å²) in [5.74, 6) is 0.574. The standard InChI is InChI=1S/C4H6N2O3S/c5-4-10-3-1-2-9-6(7)8/h1-3H2. The van der Waals surface area contributed by atoms with Crippen molar-refractivity contribution in [3.05, 3.63) is 10.1 Å².